The number of hydrogen-bond acceptors (Lipinski definition) is 5. The molecule has 25 heavy (non-hydrogen) atoms. The van der Waals surface area contributed by atoms with Gasteiger partial charge in [0.2, 0.25) is 5.95 Å². The Labute approximate surface area is 148 Å². The molecule has 1 aromatic carbocycles. The molecule has 2 heterocycles. The predicted molar refractivity (Wildman–Crippen MR) is 99.4 cm³/mol. The molecular weight excluding hydrogens is 314 g/mol. The number of hydrogen-bond donors (Lipinski definition) is 1. The van der Waals surface area contributed by atoms with Gasteiger partial charge < -0.3 is 15.1 Å². The number of benzene rings is 1. The van der Waals surface area contributed by atoms with E-state index >= 15 is 0 Å². The lowest BCUT2D eigenvalue weighted by molar-refractivity contribution is 0.0658. The van der Waals surface area contributed by atoms with Crippen LogP contribution >= 0.6 is 0 Å². The maximum Gasteiger partial charge on any atom is 0.272 e. The fourth-order valence-electron chi connectivity index (χ4n) is 2.90. The molecule has 0 radical (unpaired) electrons. The number of anilines is 2. The van der Waals surface area contributed by atoms with E-state index in [1.807, 2.05) is 25.7 Å². The quantitative estimate of drug-likeness (QED) is 0.931. The second kappa shape index (κ2) is 7.19. The summed E-state index contributed by atoms with van der Waals surface area (Å²) in [7, 11) is 2.07. The van der Waals surface area contributed by atoms with Crippen molar-refractivity contribution in [3.63, 3.8) is 0 Å². The molecule has 1 saturated heterocycles. The van der Waals surface area contributed by atoms with Crippen molar-refractivity contribution in [2.45, 2.75) is 20.8 Å². The molecule has 132 valence electrons. The molecule has 3 rings (SSSR count). The topological polar surface area (TPSA) is 61.4 Å². The predicted octanol–water partition coefficient (Wildman–Crippen LogP) is 2.53. The zero-order chi connectivity index (χ0) is 18.0. The Hall–Kier alpha value is -2.47. The maximum atomic E-state index is 12.8. The number of likely N-dealkylation sites (N-methyl/N-ethyl adjacent to an activating group) is 1. The Morgan fingerprint density at radius 3 is 2.48 bits per heavy atom. The summed E-state index contributed by atoms with van der Waals surface area (Å²) >= 11 is 0. The largest absolute Gasteiger partial charge is 0.335 e. The summed E-state index contributed by atoms with van der Waals surface area (Å²) < 4.78 is 0. The summed E-state index contributed by atoms with van der Waals surface area (Å²) in [6, 6.07) is 7.95. The minimum absolute atomic E-state index is 0.0254. The highest BCUT2D eigenvalue weighted by Gasteiger charge is 2.22. The lowest BCUT2D eigenvalue weighted by Crippen LogP contribution is -2.47. The van der Waals surface area contributed by atoms with Crippen LogP contribution in [0.25, 0.3) is 0 Å². The zero-order valence-electron chi connectivity index (χ0n) is 15.3. The van der Waals surface area contributed by atoms with Crippen molar-refractivity contribution in [3.05, 3.63) is 46.8 Å². The molecule has 0 spiro atoms. The van der Waals surface area contributed by atoms with Crippen LogP contribution in [0.1, 0.15) is 27.3 Å². The van der Waals surface area contributed by atoms with E-state index < -0.39 is 0 Å². The molecule has 0 bridgehead atoms. The molecule has 6 nitrogen and oxygen atoms in total. The molecule has 1 aromatic heterocycles. The molecule has 1 aliphatic rings. The zero-order valence-corrected chi connectivity index (χ0v) is 15.3. The standard InChI is InChI=1S/C19H25N5O/c1-13-5-6-14(2)16(11-13)21-19-20-15(3)12-17(22-19)18(25)24-9-7-23(4)8-10-24/h5-6,11-12H,7-10H2,1-4H3,(H,20,21,22). The average molecular weight is 339 g/mol. The first-order chi connectivity index (χ1) is 11.9. The number of carbonyl (C=O) groups excluding carboxylic acids is 1. The van der Waals surface area contributed by atoms with E-state index in [2.05, 4.69) is 45.4 Å². The van der Waals surface area contributed by atoms with Gasteiger partial charge in [0.1, 0.15) is 5.69 Å². The van der Waals surface area contributed by atoms with E-state index in [4.69, 9.17) is 0 Å². The Morgan fingerprint density at radius 2 is 1.76 bits per heavy atom. The molecule has 0 unspecified atom stereocenters. The first kappa shape index (κ1) is 17.4. The van der Waals surface area contributed by atoms with Gasteiger partial charge in [-0.25, -0.2) is 9.97 Å². The second-order valence-corrected chi connectivity index (χ2v) is 6.76. The highest BCUT2D eigenvalue weighted by molar-refractivity contribution is 5.92. The van der Waals surface area contributed by atoms with E-state index in [1.165, 1.54) is 0 Å². The summed E-state index contributed by atoms with van der Waals surface area (Å²) in [4.78, 5) is 25.8. The number of aryl methyl sites for hydroxylation is 3. The van der Waals surface area contributed by atoms with E-state index in [0.29, 0.717) is 11.6 Å². The minimum atomic E-state index is -0.0254. The number of rotatable bonds is 3. The van der Waals surface area contributed by atoms with Crippen molar-refractivity contribution in [3.8, 4) is 0 Å². The van der Waals surface area contributed by atoms with Gasteiger partial charge in [-0.2, -0.15) is 0 Å². The molecule has 1 amide bonds. The molecular formula is C19H25N5O. The van der Waals surface area contributed by atoms with Crippen LogP contribution < -0.4 is 5.32 Å². The summed E-state index contributed by atoms with van der Waals surface area (Å²) in [5, 5.41) is 3.26. The van der Waals surface area contributed by atoms with Crippen LogP contribution in [-0.4, -0.2) is 58.9 Å². The van der Waals surface area contributed by atoms with Crippen LogP contribution in [-0.2, 0) is 0 Å². The van der Waals surface area contributed by atoms with E-state index in [-0.39, 0.29) is 5.91 Å². The molecule has 0 atom stereocenters. The SMILES string of the molecule is Cc1ccc(C)c(Nc2nc(C)cc(C(=O)N3CCN(C)CC3)n2)c1. The minimum Gasteiger partial charge on any atom is -0.335 e. The molecule has 1 N–H and O–H groups in total. The Bertz CT molecular complexity index is 781. The first-order valence-electron chi connectivity index (χ1n) is 8.60. The third-order valence-electron chi connectivity index (χ3n) is 4.50. The smallest absolute Gasteiger partial charge is 0.272 e. The molecule has 1 fully saturated rings. The van der Waals surface area contributed by atoms with Gasteiger partial charge in [-0.05, 0) is 51.1 Å². The van der Waals surface area contributed by atoms with E-state index in [9.17, 15) is 4.79 Å². The summed E-state index contributed by atoms with van der Waals surface area (Å²) in [5.41, 5.74) is 4.46. The van der Waals surface area contributed by atoms with Crippen molar-refractivity contribution >= 4 is 17.5 Å². The van der Waals surface area contributed by atoms with Crippen LogP contribution in [0.2, 0.25) is 0 Å². The molecule has 1 aliphatic heterocycles. The maximum absolute atomic E-state index is 12.8. The van der Waals surface area contributed by atoms with Gasteiger partial charge in [0.05, 0.1) is 0 Å². The Balaban J connectivity index is 1.83. The highest BCUT2D eigenvalue weighted by Crippen LogP contribution is 2.20. The monoisotopic (exact) mass is 339 g/mol. The third kappa shape index (κ3) is 4.14. The molecule has 6 heteroatoms. The molecule has 2 aromatic rings. The lowest BCUT2D eigenvalue weighted by Gasteiger charge is -2.32. The summed E-state index contributed by atoms with van der Waals surface area (Å²) in [5.74, 6) is 0.439. The van der Waals surface area contributed by atoms with Gasteiger partial charge in [0.15, 0.2) is 0 Å². The second-order valence-electron chi connectivity index (χ2n) is 6.76. The number of aromatic nitrogens is 2. The fraction of sp³-hybridized carbons (Fsp3) is 0.421. The van der Waals surface area contributed by atoms with E-state index in [1.54, 1.807) is 6.07 Å². The normalized spacial score (nSPS) is 15.3. The first-order valence-corrected chi connectivity index (χ1v) is 8.60. The molecule has 0 aliphatic carbocycles. The van der Waals surface area contributed by atoms with Gasteiger partial charge in [-0.1, -0.05) is 12.1 Å². The average Bonchev–Trinajstić information content (AvgIpc) is 2.58. The number of carbonyl (C=O) groups is 1. The van der Waals surface area contributed by atoms with E-state index in [0.717, 1.165) is 48.7 Å². The lowest BCUT2D eigenvalue weighted by atomic mass is 10.1. The Morgan fingerprint density at radius 1 is 1.04 bits per heavy atom. The molecule has 0 saturated carbocycles. The van der Waals surface area contributed by atoms with Crippen molar-refractivity contribution in [1.29, 1.82) is 0 Å². The fourth-order valence-corrected chi connectivity index (χ4v) is 2.90. The van der Waals surface area contributed by atoms with Crippen molar-refractivity contribution in [1.82, 2.24) is 19.8 Å². The summed E-state index contributed by atoms with van der Waals surface area (Å²) in [6.07, 6.45) is 0. The highest BCUT2D eigenvalue weighted by atomic mass is 16.2. The van der Waals surface area contributed by atoms with Crippen LogP contribution in [0.3, 0.4) is 0 Å². The van der Waals surface area contributed by atoms with Crippen molar-refractivity contribution in [2.75, 3.05) is 38.5 Å². The summed E-state index contributed by atoms with van der Waals surface area (Å²) in [6.45, 7) is 9.22. The van der Waals surface area contributed by atoms with Gasteiger partial charge in [-0.15, -0.1) is 0 Å². The van der Waals surface area contributed by atoms with Crippen LogP contribution in [0, 0.1) is 20.8 Å². The van der Waals surface area contributed by atoms with Gasteiger partial charge in [0, 0.05) is 37.6 Å². The van der Waals surface area contributed by atoms with Crippen molar-refractivity contribution in [2.24, 2.45) is 0 Å². The van der Waals surface area contributed by atoms with Crippen LogP contribution in [0.15, 0.2) is 24.3 Å². The third-order valence-corrected chi connectivity index (χ3v) is 4.50. The van der Waals surface area contributed by atoms with Gasteiger partial charge >= 0.3 is 0 Å². The Kier molecular flexibility index (Phi) is 4.99. The number of amides is 1. The number of nitrogens with zero attached hydrogens (tertiary/aromatic N) is 4. The van der Waals surface area contributed by atoms with Crippen LogP contribution in [0.4, 0.5) is 11.6 Å². The number of piperazine rings is 1. The number of nitrogens with one attached hydrogen (secondary N) is 1. The van der Waals surface area contributed by atoms with Crippen LogP contribution in [0.5, 0.6) is 0 Å². The van der Waals surface area contributed by atoms with Crippen molar-refractivity contribution < 1.29 is 4.79 Å². The van der Waals surface area contributed by atoms with Gasteiger partial charge in [-0.3, -0.25) is 4.79 Å². The van der Waals surface area contributed by atoms with Gasteiger partial charge in [0.25, 0.3) is 5.91 Å².